The number of carbonyl (C=O) groups excluding carboxylic acids is 2. The van der Waals surface area contributed by atoms with Crippen molar-refractivity contribution < 1.29 is 27.5 Å². The normalized spacial score (nSPS) is 18.9. The van der Waals surface area contributed by atoms with Gasteiger partial charge in [0.25, 0.3) is 5.91 Å². The number of carbonyl (C=O) groups is 2. The van der Waals surface area contributed by atoms with Crippen LogP contribution >= 0.6 is 0 Å². The Labute approximate surface area is 159 Å². The number of ether oxygens (including phenoxy) is 2. The minimum absolute atomic E-state index is 0.0679. The molecule has 2 saturated heterocycles. The molecule has 0 unspecified atom stereocenters. The number of piperidine rings is 1. The molecular formula is C18H24N2O6S. The van der Waals surface area contributed by atoms with Gasteiger partial charge in [0, 0.05) is 26.2 Å². The highest BCUT2D eigenvalue weighted by molar-refractivity contribution is 7.89. The molecule has 2 fully saturated rings. The van der Waals surface area contributed by atoms with Crippen molar-refractivity contribution in [2.45, 2.75) is 24.2 Å². The van der Waals surface area contributed by atoms with Crippen molar-refractivity contribution in [3.05, 3.63) is 29.8 Å². The van der Waals surface area contributed by atoms with Crippen molar-refractivity contribution in [2.24, 2.45) is 0 Å². The fourth-order valence-electron chi connectivity index (χ4n) is 3.15. The molecule has 0 aliphatic carbocycles. The molecule has 0 N–H and O–H groups in total. The van der Waals surface area contributed by atoms with Crippen molar-refractivity contribution in [3.8, 4) is 0 Å². The minimum atomic E-state index is -3.63. The van der Waals surface area contributed by atoms with Gasteiger partial charge < -0.3 is 14.4 Å². The molecule has 0 spiro atoms. The zero-order chi connectivity index (χ0) is 19.3. The molecule has 0 bridgehead atoms. The fraction of sp³-hybridized carbons (Fsp3) is 0.556. The molecule has 2 aliphatic heterocycles. The van der Waals surface area contributed by atoms with Crippen molar-refractivity contribution in [1.29, 1.82) is 0 Å². The molecule has 0 saturated carbocycles. The molecule has 27 heavy (non-hydrogen) atoms. The van der Waals surface area contributed by atoms with Gasteiger partial charge in [0.2, 0.25) is 10.0 Å². The minimum Gasteiger partial charge on any atom is -0.452 e. The quantitative estimate of drug-likeness (QED) is 0.686. The summed E-state index contributed by atoms with van der Waals surface area (Å²) in [7, 11) is -3.63. The molecule has 0 aromatic heterocycles. The summed E-state index contributed by atoms with van der Waals surface area (Å²) in [5.41, 5.74) is 0.114. The number of sulfonamides is 1. The average Bonchev–Trinajstić information content (AvgIpc) is 2.73. The van der Waals surface area contributed by atoms with E-state index in [1.807, 2.05) is 0 Å². The Kier molecular flexibility index (Phi) is 6.46. The van der Waals surface area contributed by atoms with Crippen LogP contribution in [0.1, 0.15) is 29.6 Å². The Morgan fingerprint density at radius 1 is 1.04 bits per heavy atom. The van der Waals surface area contributed by atoms with Crippen LogP contribution in [0.4, 0.5) is 0 Å². The first-order valence-electron chi connectivity index (χ1n) is 9.11. The maximum Gasteiger partial charge on any atom is 0.338 e. The maximum absolute atomic E-state index is 12.7. The number of esters is 1. The third kappa shape index (κ3) is 4.85. The Morgan fingerprint density at radius 3 is 2.44 bits per heavy atom. The van der Waals surface area contributed by atoms with Gasteiger partial charge in [0.1, 0.15) is 0 Å². The van der Waals surface area contributed by atoms with Crippen molar-refractivity contribution >= 4 is 21.9 Å². The molecule has 3 rings (SSSR count). The molecule has 148 valence electrons. The van der Waals surface area contributed by atoms with E-state index in [9.17, 15) is 18.0 Å². The molecule has 0 atom stereocenters. The Morgan fingerprint density at radius 2 is 1.74 bits per heavy atom. The maximum atomic E-state index is 12.7. The molecule has 1 aromatic rings. The van der Waals surface area contributed by atoms with E-state index in [0.717, 1.165) is 19.3 Å². The lowest BCUT2D eigenvalue weighted by molar-refractivity contribution is -0.138. The molecule has 0 radical (unpaired) electrons. The van der Waals surface area contributed by atoms with E-state index in [-0.39, 0.29) is 23.0 Å². The summed E-state index contributed by atoms with van der Waals surface area (Å²) in [6, 6.07) is 5.78. The summed E-state index contributed by atoms with van der Waals surface area (Å²) >= 11 is 0. The summed E-state index contributed by atoms with van der Waals surface area (Å²) < 4.78 is 37.2. The van der Waals surface area contributed by atoms with Crippen LogP contribution in [0.2, 0.25) is 0 Å². The van der Waals surface area contributed by atoms with Crippen LogP contribution in [0.5, 0.6) is 0 Å². The van der Waals surface area contributed by atoms with Gasteiger partial charge in [-0.1, -0.05) is 12.5 Å². The number of hydrogen-bond acceptors (Lipinski definition) is 6. The predicted molar refractivity (Wildman–Crippen MR) is 96.7 cm³/mol. The largest absolute Gasteiger partial charge is 0.452 e. The first kappa shape index (κ1) is 19.8. The van der Waals surface area contributed by atoms with Gasteiger partial charge in [0.05, 0.1) is 23.7 Å². The van der Waals surface area contributed by atoms with Gasteiger partial charge >= 0.3 is 5.97 Å². The highest BCUT2D eigenvalue weighted by Crippen LogP contribution is 2.21. The summed E-state index contributed by atoms with van der Waals surface area (Å²) in [5.74, 6) is -1.00. The van der Waals surface area contributed by atoms with Crippen LogP contribution in [0, 0.1) is 0 Å². The summed E-state index contributed by atoms with van der Waals surface area (Å²) in [6.45, 7) is 2.49. The lowest BCUT2D eigenvalue weighted by Gasteiger charge is -2.26. The monoisotopic (exact) mass is 396 g/mol. The van der Waals surface area contributed by atoms with Crippen LogP contribution in [0.25, 0.3) is 0 Å². The van der Waals surface area contributed by atoms with Crippen LogP contribution in [-0.4, -0.2) is 75.5 Å². The Hall–Kier alpha value is -1.97. The number of benzene rings is 1. The Bertz CT molecular complexity index is 783. The van der Waals surface area contributed by atoms with Gasteiger partial charge in [-0.25, -0.2) is 13.2 Å². The summed E-state index contributed by atoms with van der Waals surface area (Å²) in [5, 5.41) is 0. The average molecular weight is 396 g/mol. The molecule has 9 heteroatoms. The SMILES string of the molecule is O=C(OCC(=O)N1CCOCC1)c1cccc(S(=O)(=O)N2CCCCC2)c1. The molecule has 1 amide bonds. The van der Waals surface area contributed by atoms with Crippen LogP contribution in [0.15, 0.2) is 29.2 Å². The summed E-state index contributed by atoms with van der Waals surface area (Å²) in [6.07, 6.45) is 2.70. The number of morpholine rings is 1. The highest BCUT2D eigenvalue weighted by atomic mass is 32.2. The first-order chi connectivity index (χ1) is 13.0. The lowest BCUT2D eigenvalue weighted by atomic mass is 10.2. The molecule has 1 aromatic carbocycles. The standard InChI is InChI=1S/C18H24N2O6S/c21-17(19-9-11-25-12-10-19)14-26-18(22)15-5-4-6-16(13-15)27(23,24)20-7-2-1-3-8-20/h4-6,13H,1-3,7-12,14H2. The van der Waals surface area contributed by atoms with E-state index in [4.69, 9.17) is 9.47 Å². The van der Waals surface area contributed by atoms with Gasteiger partial charge in [-0.3, -0.25) is 4.79 Å². The fourth-order valence-corrected chi connectivity index (χ4v) is 4.72. The smallest absolute Gasteiger partial charge is 0.338 e. The highest BCUT2D eigenvalue weighted by Gasteiger charge is 2.27. The van der Waals surface area contributed by atoms with E-state index in [0.29, 0.717) is 39.4 Å². The second-order valence-electron chi connectivity index (χ2n) is 6.56. The molecule has 2 aliphatic rings. The number of nitrogens with zero attached hydrogens (tertiary/aromatic N) is 2. The predicted octanol–water partition coefficient (Wildman–Crippen LogP) is 0.877. The van der Waals surface area contributed by atoms with Gasteiger partial charge in [-0.15, -0.1) is 0 Å². The second kappa shape index (κ2) is 8.81. The Balaban J connectivity index is 1.64. The summed E-state index contributed by atoms with van der Waals surface area (Å²) in [4.78, 5) is 26.0. The van der Waals surface area contributed by atoms with Crippen molar-refractivity contribution in [2.75, 3.05) is 46.0 Å². The zero-order valence-electron chi connectivity index (χ0n) is 15.1. The molecular weight excluding hydrogens is 372 g/mol. The van der Waals surface area contributed by atoms with Crippen molar-refractivity contribution in [1.82, 2.24) is 9.21 Å². The van der Waals surface area contributed by atoms with Gasteiger partial charge in [-0.2, -0.15) is 4.31 Å². The number of hydrogen-bond donors (Lipinski definition) is 0. The third-order valence-electron chi connectivity index (χ3n) is 4.71. The van der Waals surface area contributed by atoms with E-state index in [1.54, 1.807) is 4.90 Å². The third-order valence-corrected chi connectivity index (χ3v) is 6.61. The van der Waals surface area contributed by atoms with Gasteiger partial charge in [-0.05, 0) is 31.0 Å². The zero-order valence-corrected chi connectivity index (χ0v) is 15.9. The van der Waals surface area contributed by atoms with Crippen molar-refractivity contribution in [3.63, 3.8) is 0 Å². The number of amides is 1. The molecule has 2 heterocycles. The topological polar surface area (TPSA) is 93.2 Å². The number of rotatable bonds is 5. The van der Waals surface area contributed by atoms with Crippen LogP contribution in [-0.2, 0) is 24.3 Å². The van der Waals surface area contributed by atoms with Crippen LogP contribution < -0.4 is 0 Å². The molecule has 8 nitrogen and oxygen atoms in total. The first-order valence-corrected chi connectivity index (χ1v) is 10.6. The van der Waals surface area contributed by atoms with E-state index >= 15 is 0 Å². The van der Waals surface area contributed by atoms with Gasteiger partial charge in [0.15, 0.2) is 6.61 Å². The van der Waals surface area contributed by atoms with E-state index < -0.39 is 16.0 Å². The lowest BCUT2D eigenvalue weighted by Crippen LogP contribution is -2.42. The second-order valence-corrected chi connectivity index (χ2v) is 8.50. The van der Waals surface area contributed by atoms with E-state index in [2.05, 4.69) is 0 Å². The van der Waals surface area contributed by atoms with E-state index in [1.165, 1.54) is 28.6 Å². The van der Waals surface area contributed by atoms with Crippen LogP contribution in [0.3, 0.4) is 0 Å².